The zero-order valence-electron chi connectivity index (χ0n) is 13.3. The molecule has 6 nitrogen and oxygen atoms in total. The highest BCUT2D eigenvalue weighted by Gasteiger charge is 2.37. The molecule has 2 atom stereocenters. The van der Waals surface area contributed by atoms with Crippen LogP contribution in [0.15, 0.2) is 24.4 Å². The van der Waals surface area contributed by atoms with E-state index in [-0.39, 0.29) is 18.1 Å². The summed E-state index contributed by atoms with van der Waals surface area (Å²) in [6, 6.07) is 5.91. The van der Waals surface area contributed by atoms with E-state index in [1.807, 2.05) is 36.9 Å². The van der Waals surface area contributed by atoms with Gasteiger partial charge in [-0.05, 0) is 26.0 Å². The summed E-state index contributed by atoms with van der Waals surface area (Å²) in [6.45, 7) is 5.43. The van der Waals surface area contributed by atoms with E-state index in [1.165, 1.54) is 0 Å². The second-order valence-corrected chi connectivity index (χ2v) is 6.42. The average molecular weight is 312 g/mol. The molecule has 0 aliphatic carbocycles. The molecule has 0 unspecified atom stereocenters. The Balaban J connectivity index is 1.49. The summed E-state index contributed by atoms with van der Waals surface area (Å²) in [5.74, 6) is 0.340. The third-order valence-corrected chi connectivity index (χ3v) is 4.71. The lowest BCUT2D eigenvalue weighted by Gasteiger charge is -2.38. The molecule has 2 aliphatic rings. The maximum atomic E-state index is 12.7. The van der Waals surface area contributed by atoms with Crippen molar-refractivity contribution in [1.29, 1.82) is 0 Å². The molecular weight excluding hydrogens is 292 g/mol. The van der Waals surface area contributed by atoms with Gasteiger partial charge in [0.1, 0.15) is 0 Å². The maximum absolute atomic E-state index is 12.7. The maximum Gasteiger partial charge on any atom is 0.274 e. The van der Waals surface area contributed by atoms with E-state index in [1.54, 1.807) is 6.20 Å². The minimum absolute atomic E-state index is 0.0102. The fourth-order valence-electron chi connectivity index (χ4n) is 3.45. The fourth-order valence-corrected chi connectivity index (χ4v) is 3.45. The molecule has 4 heterocycles. The number of nitrogens with zero attached hydrogens (tertiary/aromatic N) is 3. The molecule has 2 aromatic heterocycles. The Hall–Kier alpha value is -2.21. The molecule has 4 rings (SSSR count). The number of nitrogens with one attached hydrogen (secondary N) is 1. The SMILES string of the molecule is C[C@@H]1Cc2c(C(=O)N3CC(c4ccccn4)C3)n[nH]c2[C@H](C)O1. The highest BCUT2D eigenvalue weighted by atomic mass is 16.5. The number of ether oxygens (including phenoxy) is 1. The predicted molar refractivity (Wildman–Crippen MR) is 84.1 cm³/mol. The van der Waals surface area contributed by atoms with Crippen molar-refractivity contribution >= 4 is 5.91 Å². The van der Waals surface area contributed by atoms with Crippen LogP contribution in [-0.4, -0.2) is 45.2 Å². The first kappa shape index (κ1) is 14.4. The molecule has 1 fully saturated rings. The molecule has 0 bridgehead atoms. The molecule has 2 aromatic rings. The molecule has 120 valence electrons. The van der Waals surface area contributed by atoms with Gasteiger partial charge in [-0.15, -0.1) is 0 Å². The molecule has 0 radical (unpaired) electrons. The predicted octanol–water partition coefficient (Wildman–Crippen LogP) is 2.07. The first-order valence-electron chi connectivity index (χ1n) is 8.06. The summed E-state index contributed by atoms with van der Waals surface area (Å²) in [4.78, 5) is 19.0. The summed E-state index contributed by atoms with van der Waals surface area (Å²) >= 11 is 0. The lowest BCUT2D eigenvalue weighted by atomic mass is 9.94. The summed E-state index contributed by atoms with van der Waals surface area (Å²) in [7, 11) is 0. The van der Waals surface area contributed by atoms with Crippen LogP contribution in [0.25, 0.3) is 0 Å². The van der Waals surface area contributed by atoms with Gasteiger partial charge in [0, 0.05) is 42.9 Å². The van der Waals surface area contributed by atoms with Gasteiger partial charge in [-0.2, -0.15) is 5.10 Å². The number of amides is 1. The lowest BCUT2D eigenvalue weighted by molar-refractivity contribution is -0.00706. The minimum atomic E-state index is -0.0412. The zero-order chi connectivity index (χ0) is 16.0. The van der Waals surface area contributed by atoms with E-state index >= 15 is 0 Å². The number of hydrogen-bond acceptors (Lipinski definition) is 4. The topological polar surface area (TPSA) is 71.1 Å². The molecule has 0 spiro atoms. The van der Waals surface area contributed by atoms with Crippen molar-refractivity contribution in [2.24, 2.45) is 0 Å². The Bertz CT molecular complexity index is 721. The van der Waals surface area contributed by atoms with Gasteiger partial charge in [-0.3, -0.25) is 14.9 Å². The van der Waals surface area contributed by atoms with Crippen molar-refractivity contribution in [1.82, 2.24) is 20.1 Å². The van der Waals surface area contributed by atoms with E-state index < -0.39 is 0 Å². The number of hydrogen-bond donors (Lipinski definition) is 1. The minimum Gasteiger partial charge on any atom is -0.369 e. The Morgan fingerprint density at radius 2 is 2.17 bits per heavy atom. The van der Waals surface area contributed by atoms with E-state index in [0.717, 1.165) is 23.4 Å². The van der Waals surface area contributed by atoms with Crippen molar-refractivity contribution in [3.8, 4) is 0 Å². The van der Waals surface area contributed by atoms with Crippen molar-refractivity contribution < 1.29 is 9.53 Å². The average Bonchev–Trinajstić information content (AvgIpc) is 2.90. The van der Waals surface area contributed by atoms with Crippen molar-refractivity contribution in [3.05, 3.63) is 47.0 Å². The van der Waals surface area contributed by atoms with E-state index in [0.29, 0.717) is 24.7 Å². The van der Waals surface area contributed by atoms with Gasteiger partial charge in [-0.25, -0.2) is 0 Å². The normalized spacial score (nSPS) is 24.2. The zero-order valence-corrected chi connectivity index (χ0v) is 13.3. The standard InChI is InChI=1S/C17H20N4O2/c1-10-7-13-15(11(2)23-10)19-20-16(13)17(22)21-8-12(9-21)14-5-3-4-6-18-14/h3-6,10-12H,7-9H2,1-2H3,(H,19,20)/t10-,11+/m1/s1. The van der Waals surface area contributed by atoms with Crippen molar-refractivity contribution in [2.45, 2.75) is 38.4 Å². The monoisotopic (exact) mass is 312 g/mol. The highest BCUT2D eigenvalue weighted by Crippen LogP contribution is 2.32. The van der Waals surface area contributed by atoms with Gasteiger partial charge in [0.25, 0.3) is 5.91 Å². The van der Waals surface area contributed by atoms with Crippen LogP contribution in [0.2, 0.25) is 0 Å². The van der Waals surface area contributed by atoms with E-state index in [9.17, 15) is 4.79 Å². The number of carbonyl (C=O) groups is 1. The number of rotatable bonds is 2. The molecule has 2 aliphatic heterocycles. The van der Waals surface area contributed by atoms with Crippen LogP contribution < -0.4 is 0 Å². The molecule has 23 heavy (non-hydrogen) atoms. The number of H-pyrrole nitrogens is 1. The lowest BCUT2D eigenvalue weighted by Crippen LogP contribution is -2.49. The first-order valence-corrected chi connectivity index (χ1v) is 8.06. The van der Waals surface area contributed by atoms with Crippen LogP contribution in [0.3, 0.4) is 0 Å². The number of pyridine rings is 1. The summed E-state index contributed by atoms with van der Waals surface area (Å²) in [6.07, 6.45) is 2.60. The number of carbonyl (C=O) groups excluding carboxylic acids is 1. The van der Waals surface area contributed by atoms with Crippen LogP contribution >= 0.6 is 0 Å². The fraction of sp³-hybridized carbons (Fsp3) is 0.471. The second kappa shape index (κ2) is 5.45. The number of likely N-dealkylation sites (tertiary alicyclic amines) is 1. The summed E-state index contributed by atoms with van der Waals surface area (Å²) < 4.78 is 5.78. The Kier molecular flexibility index (Phi) is 3.41. The molecule has 1 saturated heterocycles. The van der Waals surface area contributed by atoms with Crippen LogP contribution in [0.5, 0.6) is 0 Å². The Morgan fingerprint density at radius 1 is 1.35 bits per heavy atom. The van der Waals surface area contributed by atoms with Crippen LogP contribution in [-0.2, 0) is 11.2 Å². The van der Waals surface area contributed by atoms with Crippen molar-refractivity contribution in [2.75, 3.05) is 13.1 Å². The molecule has 1 N–H and O–H groups in total. The van der Waals surface area contributed by atoms with Gasteiger partial charge in [-0.1, -0.05) is 6.07 Å². The quantitative estimate of drug-likeness (QED) is 0.921. The van der Waals surface area contributed by atoms with Gasteiger partial charge in [0.05, 0.1) is 17.9 Å². The van der Waals surface area contributed by atoms with E-state index in [2.05, 4.69) is 15.2 Å². The second-order valence-electron chi connectivity index (χ2n) is 6.42. The molecular formula is C17H20N4O2. The van der Waals surface area contributed by atoms with Gasteiger partial charge in [0.2, 0.25) is 0 Å². The highest BCUT2D eigenvalue weighted by molar-refractivity contribution is 5.94. The van der Waals surface area contributed by atoms with Crippen LogP contribution in [0, 0.1) is 0 Å². The first-order chi connectivity index (χ1) is 11.1. The number of aromatic nitrogens is 3. The Labute approximate surface area is 134 Å². The van der Waals surface area contributed by atoms with E-state index in [4.69, 9.17) is 4.74 Å². The summed E-state index contributed by atoms with van der Waals surface area (Å²) in [5, 5.41) is 7.26. The smallest absolute Gasteiger partial charge is 0.274 e. The van der Waals surface area contributed by atoms with Crippen LogP contribution in [0.4, 0.5) is 0 Å². The number of aromatic amines is 1. The molecule has 6 heteroatoms. The largest absolute Gasteiger partial charge is 0.369 e. The molecule has 0 saturated carbocycles. The van der Waals surface area contributed by atoms with Crippen LogP contribution in [0.1, 0.15) is 53.3 Å². The third-order valence-electron chi connectivity index (χ3n) is 4.71. The molecule has 0 aromatic carbocycles. The third kappa shape index (κ3) is 2.43. The van der Waals surface area contributed by atoms with Gasteiger partial charge < -0.3 is 9.64 Å². The van der Waals surface area contributed by atoms with Gasteiger partial charge >= 0.3 is 0 Å². The summed E-state index contributed by atoms with van der Waals surface area (Å²) in [5.41, 5.74) is 3.56. The van der Waals surface area contributed by atoms with Gasteiger partial charge in [0.15, 0.2) is 5.69 Å². The molecule has 1 amide bonds. The number of fused-ring (bicyclic) bond motifs is 1. The van der Waals surface area contributed by atoms with Crippen molar-refractivity contribution in [3.63, 3.8) is 0 Å². The Morgan fingerprint density at radius 3 is 2.91 bits per heavy atom.